The molecule has 1 aliphatic rings. The molecule has 8 heteroatoms. The first-order valence-corrected chi connectivity index (χ1v) is 8.83. The number of anilines is 1. The van der Waals surface area contributed by atoms with Gasteiger partial charge in [0.1, 0.15) is 0 Å². The van der Waals surface area contributed by atoms with Crippen molar-refractivity contribution >= 4 is 51.4 Å². The average molecular weight is 361 g/mol. The van der Waals surface area contributed by atoms with Gasteiger partial charge < -0.3 is 10.6 Å². The zero-order valence-corrected chi connectivity index (χ0v) is 14.5. The van der Waals surface area contributed by atoms with Gasteiger partial charge in [-0.15, -0.1) is 10.2 Å². The van der Waals surface area contributed by atoms with Gasteiger partial charge >= 0.3 is 0 Å². The van der Waals surface area contributed by atoms with Gasteiger partial charge in [0.2, 0.25) is 5.13 Å². The maximum absolute atomic E-state index is 6.19. The molecule has 112 valence electrons. The lowest BCUT2D eigenvalue weighted by Crippen LogP contribution is -2.39. The smallest absolute Gasteiger partial charge is 0.209 e. The van der Waals surface area contributed by atoms with Crippen LogP contribution in [-0.2, 0) is 0 Å². The van der Waals surface area contributed by atoms with Crippen molar-refractivity contribution in [3.05, 3.63) is 28.2 Å². The summed E-state index contributed by atoms with van der Waals surface area (Å²) in [4.78, 5) is 3.07. The Kier molecular flexibility index (Phi) is 4.34. The second-order valence-corrected chi connectivity index (χ2v) is 8.36. The minimum atomic E-state index is -0.144. The fourth-order valence-electron chi connectivity index (χ4n) is 2.18. The van der Waals surface area contributed by atoms with Gasteiger partial charge in [-0.2, -0.15) is 0 Å². The summed E-state index contributed by atoms with van der Waals surface area (Å²) >= 11 is 15.2. The number of benzene rings is 1. The Morgan fingerprint density at radius 3 is 2.90 bits per heavy atom. The highest BCUT2D eigenvalue weighted by Gasteiger charge is 2.31. The molecule has 21 heavy (non-hydrogen) atoms. The molecule has 2 heterocycles. The van der Waals surface area contributed by atoms with Gasteiger partial charge in [0.05, 0.1) is 10.0 Å². The van der Waals surface area contributed by atoms with Gasteiger partial charge in [-0.1, -0.05) is 52.4 Å². The number of nitrogens with zero attached hydrogens (tertiary/aromatic N) is 3. The third-order valence-electron chi connectivity index (χ3n) is 3.28. The predicted molar refractivity (Wildman–Crippen MR) is 89.9 cm³/mol. The Morgan fingerprint density at radius 1 is 1.38 bits per heavy atom. The molecular weight excluding hydrogens is 347 g/mol. The van der Waals surface area contributed by atoms with Crippen LogP contribution in [0.1, 0.15) is 13.3 Å². The van der Waals surface area contributed by atoms with E-state index >= 15 is 0 Å². The van der Waals surface area contributed by atoms with Gasteiger partial charge in [-0.25, -0.2) is 0 Å². The summed E-state index contributed by atoms with van der Waals surface area (Å²) in [5, 5.41) is 10.5. The Hall–Kier alpha value is -0.530. The quantitative estimate of drug-likeness (QED) is 0.898. The van der Waals surface area contributed by atoms with Gasteiger partial charge in [0.15, 0.2) is 4.34 Å². The van der Waals surface area contributed by atoms with Crippen molar-refractivity contribution in [1.29, 1.82) is 0 Å². The van der Waals surface area contributed by atoms with E-state index in [4.69, 9.17) is 28.9 Å². The third kappa shape index (κ3) is 3.46. The maximum Gasteiger partial charge on any atom is 0.209 e. The van der Waals surface area contributed by atoms with E-state index in [1.165, 1.54) is 11.8 Å². The lowest BCUT2D eigenvalue weighted by Gasteiger charge is -2.18. The number of hydrogen-bond acceptors (Lipinski definition) is 6. The molecule has 1 atom stereocenters. The number of aromatic nitrogens is 2. The minimum absolute atomic E-state index is 0.144. The number of halogens is 2. The van der Waals surface area contributed by atoms with Crippen molar-refractivity contribution < 1.29 is 0 Å². The highest BCUT2D eigenvalue weighted by molar-refractivity contribution is 8.01. The van der Waals surface area contributed by atoms with Crippen molar-refractivity contribution in [1.82, 2.24) is 10.2 Å². The van der Waals surface area contributed by atoms with Crippen LogP contribution in [0.15, 0.2) is 27.4 Å². The van der Waals surface area contributed by atoms with Crippen LogP contribution in [0.3, 0.4) is 0 Å². The number of nitrogens with two attached hydrogens (primary N) is 1. The molecule has 1 unspecified atom stereocenters. The molecule has 0 aliphatic carbocycles. The third-order valence-corrected chi connectivity index (χ3v) is 6.31. The topological polar surface area (TPSA) is 55.0 Å². The largest absolute Gasteiger partial charge is 0.345 e. The summed E-state index contributed by atoms with van der Waals surface area (Å²) in [7, 11) is 0. The highest BCUT2D eigenvalue weighted by atomic mass is 35.5. The molecule has 0 radical (unpaired) electrons. The fraction of sp³-hybridized carbons (Fsp3) is 0.385. The lowest BCUT2D eigenvalue weighted by molar-refractivity contribution is 0.525. The molecule has 0 saturated carbocycles. The van der Waals surface area contributed by atoms with E-state index in [0.717, 1.165) is 33.9 Å². The monoisotopic (exact) mass is 360 g/mol. The van der Waals surface area contributed by atoms with E-state index in [1.807, 2.05) is 12.1 Å². The molecule has 1 fully saturated rings. The summed E-state index contributed by atoms with van der Waals surface area (Å²) in [5.41, 5.74) is 6.01. The number of rotatable bonds is 3. The molecule has 1 aromatic heterocycles. The normalized spacial score (nSPS) is 22.0. The summed E-state index contributed by atoms with van der Waals surface area (Å²) < 4.78 is 0.847. The van der Waals surface area contributed by atoms with Crippen LogP contribution in [0.25, 0.3) is 0 Å². The summed E-state index contributed by atoms with van der Waals surface area (Å²) in [6.07, 6.45) is 0.967. The zero-order valence-electron chi connectivity index (χ0n) is 11.3. The second-order valence-electron chi connectivity index (χ2n) is 5.33. The fourth-order valence-corrected chi connectivity index (χ4v) is 4.53. The van der Waals surface area contributed by atoms with E-state index in [0.29, 0.717) is 10.0 Å². The number of hydrogen-bond donors (Lipinski definition) is 1. The van der Waals surface area contributed by atoms with Crippen LogP contribution in [-0.4, -0.2) is 28.8 Å². The Labute approximate surface area is 141 Å². The van der Waals surface area contributed by atoms with Crippen LogP contribution in [0.5, 0.6) is 0 Å². The van der Waals surface area contributed by atoms with Gasteiger partial charge in [0.25, 0.3) is 0 Å². The molecule has 0 spiro atoms. The van der Waals surface area contributed by atoms with Crippen molar-refractivity contribution in [2.45, 2.75) is 28.1 Å². The lowest BCUT2D eigenvalue weighted by atomic mass is 10.0. The van der Waals surface area contributed by atoms with Gasteiger partial charge in [-0.3, -0.25) is 0 Å². The minimum Gasteiger partial charge on any atom is -0.345 e. The molecule has 1 aromatic carbocycles. The molecule has 2 aromatic rings. The van der Waals surface area contributed by atoms with E-state index in [1.54, 1.807) is 17.4 Å². The van der Waals surface area contributed by atoms with Crippen molar-refractivity contribution in [2.75, 3.05) is 18.0 Å². The maximum atomic E-state index is 6.19. The van der Waals surface area contributed by atoms with Crippen LogP contribution < -0.4 is 10.6 Å². The molecule has 2 N–H and O–H groups in total. The predicted octanol–water partition coefficient (Wildman–Crippen LogP) is 3.92. The van der Waals surface area contributed by atoms with Gasteiger partial charge in [-0.05, 0) is 25.5 Å². The standard InChI is InChI=1S/C13H14Cl2N4S2/c1-13(16)5-6-19(7-13)11-17-18-12(21-11)20-9-4-2-3-8(14)10(9)15/h2-4H,5-7,16H2,1H3. The van der Waals surface area contributed by atoms with Crippen molar-refractivity contribution in [3.63, 3.8) is 0 Å². The Balaban J connectivity index is 1.75. The Morgan fingerprint density at radius 2 is 2.19 bits per heavy atom. The van der Waals surface area contributed by atoms with Gasteiger partial charge in [0, 0.05) is 23.5 Å². The molecule has 1 aliphatic heterocycles. The molecule has 0 amide bonds. The van der Waals surface area contributed by atoms with E-state index in [2.05, 4.69) is 22.0 Å². The van der Waals surface area contributed by atoms with E-state index < -0.39 is 0 Å². The summed E-state index contributed by atoms with van der Waals surface area (Å²) in [6.45, 7) is 3.80. The van der Waals surface area contributed by atoms with E-state index in [-0.39, 0.29) is 5.54 Å². The van der Waals surface area contributed by atoms with Crippen LogP contribution in [0.2, 0.25) is 10.0 Å². The first-order chi connectivity index (χ1) is 9.94. The Bertz CT molecular complexity index is 659. The van der Waals surface area contributed by atoms with Crippen molar-refractivity contribution in [2.24, 2.45) is 5.73 Å². The zero-order chi connectivity index (χ0) is 15.0. The molecule has 1 saturated heterocycles. The SMILES string of the molecule is CC1(N)CCN(c2nnc(Sc3cccc(Cl)c3Cl)s2)C1. The van der Waals surface area contributed by atoms with Crippen LogP contribution >= 0.6 is 46.3 Å². The highest BCUT2D eigenvalue weighted by Crippen LogP contribution is 2.40. The van der Waals surface area contributed by atoms with Crippen molar-refractivity contribution in [3.8, 4) is 0 Å². The molecule has 0 bridgehead atoms. The molecular formula is C13H14Cl2N4S2. The van der Waals surface area contributed by atoms with E-state index in [9.17, 15) is 0 Å². The summed E-state index contributed by atoms with van der Waals surface area (Å²) in [5.74, 6) is 0. The second kappa shape index (κ2) is 5.93. The first kappa shape index (κ1) is 15.4. The molecule has 4 nitrogen and oxygen atoms in total. The van der Waals surface area contributed by atoms with Crippen LogP contribution in [0, 0.1) is 0 Å². The summed E-state index contributed by atoms with van der Waals surface area (Å²) in [6, 6.07) is 5.57. The molecule has 3 rings (SSSR count). The van der Waals surface area contributed by atoms with Crippen LogP contribution in [0.4, 0.5) is 5.13 Å². The average Bonchev–Trinajstić information content (AvgIpc) is 3.01. The first-order valence-electron chi connectivity index (χ1n) is 6.44.